The third-order valence-corrected chi connectivity index (χ3v) is 8.10. The number of rotatable bonds is 9. The fourth-order valence-corrected chi connectivity index (χ4v) is 5.92. The van der Waals surface area contributed by atoms with Crippen LogP contribution in [0.4, 0.5) is 22.0 Å². The number of nitrogens with zero attached hydrogens (tertiary/aromatic N) is 4. The Balaban J connectivity index is 1.70. The number of carbonyl (C=O) groups is 3. The summed E-state index contributed by atoms with van der Waals surface area (Å²) in [6.45, 7) is 0.0626. The highest BCUT2D eigenvalue weighted by Gasteiger charge is 2.43. The summed E-state index contributed by atoms with van der Waals surface area (Å²) in [7, 11) is 0. The summed E-state index contributed by atoms with van der Waals surface area (Å²) in [5.74, 6) is -6.00. The lowest BCUT2D eigenvalue weighted by atomic mass is 9.79. The monoisotopic (exact) mass is 646 g/mol. The number of Topliss-reactive ketones (excluding diaryl/α,β-unsaturated/α-hetero) is 1. The lowest BCUT2D eigenvalue weighted by Gasteiger charge is -2.32. The molecular formula is C28H25Cl2F5N4O4. The van der Waals surface area contributed by atoms with Crippen LogP contribution in [0.15, 0.2) is 36.8 Å². The van der Waals surface area contributed by atoms with E-state index in [2.05, 4.69) is 10.1 Å². The van der Waals surface area contributed by atoms with Crippen LogP contribution in [0.1, 0.15) is 70.6 Å². The van der Waals surface area contributed by atoms with Crippen LogP contribution in [0, 0.1) is 23.5 Å². The molecule has 0 radical (unpaired) electrons. The van der Waals surface area contributed by atoms with Crippen LogP contribution in [-0.2, 0) is 17.5 Å². The van der Waals surface area contributed by atoms with Gasteiger partial charge < -0.3 is 10.0 Å². The zero-order valence-corrected chi connectivity index (χ0v) is 24.1. The van der Waals surface area contributed by atoms with E-state index in [1.165, 1.54) is 0 Å². The number of hydrogen-bond acceptors (Lipinski definition) is 5. The first-order valence-corrected chi connectivity index (χ1v) is 13.9. The molecule has 1 amide bonds. The molecule has 43 heavy (non-hydrogen) atoms. The molecule has 3 aromatic rings. The molecule has 1 aromatic carbocycles. The van der Waals surface area contributed by atoms with Crippen molar-refractivity contribution in [2.24, 2.45) is 11.8 Å². The molecule has 1 saturated carbocycles. The van der Waals surface area contributed by atoms with Gasteiger partial charge in [-0.3, -0.25) is 24.0 Å². The van der Waals surface area contributed by atoms with E-state index in [9.17, 15) is 41.4 Å². The second kappa shape index (κ2) is 13.0. The van der Waals surface area contributed by atoms with Gasteiger partial charge in [0, 0.05) is 25.0 Å². The minimum absolute atomic E-state index is 0.127. The number of alkyl halides is 3. The topological polar surface area (TPSA) is 105 Å². The molecule has 230 valence electrons. The van der Waals surface area contributed by atoms with Gasteiger partial charge >= 0.3 is 12.1 Å². The summed E-state index contributed by atoms with van der Waals surface area (Å²) in [4.78, 5) is 42.7. The van der Waals surface area contributed by atoms with Crippen molar-refractivity contribution in [2.45, 2.75) is 51.4 Å². The quantitative estimate of drug-likeness (QED) is 0.201. The minimum atomic E-state index is -5.05. The molecule has 1 aliphatic rings. The van der Waals surface area contributed by atoms with E-state index in [1.54, 1.807) is 6.92 Å². The van der Waals surface area contributed by atoms with Crippen molar-refractivity contribution < 1.29 is 41.4 Å². The van der Waals surface area contributed by atoms with Crippen LogP contribution in [0.3, 0.4) is 0 Å². The Morgan fingerprint density at radius 3 is 2.14 bits per heavy atom. The maximum atomic E-state index is 14.5. The molecule has 1 fully saturated rings. The number of carboxylic acids is 1. The van der Waals surface area contributed by atoms with Crippen molar-refractivity contribution in [3.63, 3.8) is 0 Å². The number of pyridine rings is 1. The number of aliphatic carboxylic acids is 1. The lowest BCUT2D eigenvalue weighted by molar-refractivity contribution is -0.145. The maximum Gasteiger partial charge on any atom is 0.433 e. The normalized spacial score (nSPS) is 17.9. The smallest absolute Gasteiger partial charge is 0.433 e. The number of carboxylic acid groups (broad SMARTS) is 1. The van der Waals surface area contributed by atoms with E-state index in [4.69, 9.17) is 23.2 Å². The van der Waals surface area contributed by atoms with Crippen LogP contribution in [0.5, 0.6) is 0 Å². The predicted octanol–water partition coefficient (Wildman–Crippen LogP) is 6.86. The fraction of sp³-hybridized carbons (Fsp3) is 0.393. The Labute approximate surface area is 252 Å². The Kier molecular flexibility index (Phi) is 9.75. The van der Waals surface area contributed by atoms with Crippen molar-refractivity contribution in [1.29, 1.82) is 0 Å². The average Bonchev–Trinajstić information content (AvgIpc) is 3.37. The highest BCUT2D eigenvalue weighted by atomic mass is 35.5. The second-order valence-corrected chi connectivity index (χ2v) is 11.2. The SMILES string of the molecule is CC(C(=O)O)[C@H]1CC[C@@H](n2ncc(C(=O)N(CC(=O)c3c(Cl)cncc3Cl)Cc3cc(F)cc(F)c3)c2C(F)(F)F)CC1. The maximum absolute atomic E-state index is 14.5. The van der Waals surface area contributed by atoms with Gasteiger partial charge in [0.1, 0.15) is 11.6 Å². The Hall–Kier alpha value is -3.58. The summed E-state index contributed by atoms with van der Waals surface area (Å²) in [6, 6.07) is 1.57. The van der Waals surface area contributed by atoms with Gasteiger partial charge in [-0.2, -0.15) is 18.3 Å². The molecule has 2 aromatic heterocycles. The molecule has 1 N–H and O–H groups in total. The largest absolute Gasteiger partial charge is 0.481 e. The number of benzene rings is 1. The number of hydrogen-bond donors (Lipinski definition) is 1. The van der Waals surface area contributed by atoms with Crippen molar-refractivity contribution in [3.8, 4) is 0 Å². The highest BCUT2D eigenvalue weighted by Crippen LogP contribution is 2.41. The van der Waals surface area contributed by atoms with E-state index in [0.29, 0.717) is 28.5 Å². The van der Waals surface area contributed by atoms with Crippen molar-refractivity contribution >= 4 is 40.9 Å². The summed E-state index contributed by atoms with van der Waals surface area (Å²) in [6.07, 6.45) is -0.984. The Morgan fingerprint density at radius 1 is 1.02 bits per heavy atom. The van der Waals surface area contributed by atoms with Gasteiger partial charge in [0.05, 0.1) is 45.9 Å². The summed E-state index contributed by atoms with van der Waals surface area (Å²) >= 11 is 12.1. The Bertz CT molecular complexity index is 1500. The van der Waals surface area contributed by atoms with Crippen LogP contribution in [0.2, 0.25) is 10.0 Å². The van der Waals surface area contributed by atoms with E-state index in [1.807, 2.05) is 0 Å². The average molecular weight is 647 g/mol. The van der Waals surface area contributed by atoms with Crippen LogP contribution in [-0.4, -0.2) is 49.0 Å². The van der Waals surface area contributed by atoms with Crippen molar-refractivity contribution in [3.05, 3.63) is 80.9 Å². The van der Waals surface area contributed by atoms with Crippen LogP contribution < -0.4 is 0 Å². The van der Waals surface area contributed by atoms with Gasteiger partial charge in [0.2, 0.25) is 0 Å². The highest BCUT2D eigenvalue weighted by molar-refractivity contribution is 6.39. The number of ketones is 1. The third-order valence-electron chi connectivity index (χ3n) is 7.53. The van der Waals surface area contributed by atoms with Crippen molar-refractivity contribution in [2.75, 3.05) is 6.54 Å². The molecule has 1 aliphatic carbocycles. The van der Waals surface area contributed by atoms with Crippen LogP contribution >= 0.6 is 23.2 Å². The number of halogens is 7. The third kappa shape index (κ3) is 7.32. The van der Waals surface area contributed by atoms with Crippen LogP contribution in [0.25, 0.3) is 0 Å². The number of aromatic nitrogens is 3. The van der Waals surface area contributed by atoms with E-state index < -0.39 is 71.8 Å². The first kappa shape index (κ1) is 32.3. The molecule has 1 atom stereocenters. The van der Waals surface area contributed by atoms with Gasteiger partial charge in [-0.15, -0.1) is 0 Å². The fourth-order valence-electron chi connectivity index (χ4n) is 5.35. The van der Waals surface area contributed by atoms with Gasteiger partial charge in [-0.25, -0.2) is 8.78 Å². The van der Waals surface area contributed by atoms with Gasteiger partial charge in [-0.1, -0.05) is 30.1 Å². The Morgan fingerprint density at radius 2 is 1.60 bits per heavy atom. The number of amides is 1. The summed E-state index contributed by atoms with van der Waals surface area (Å²) in [5, 5.41) is 12.9. The first-order chi connectivity index (χ1) is 20.2. The van der Waals surface area contributed by atoms with Crippen molar-refractivity contribution in [1.82, 2.24) is 19.7 Å². The molecule has 0 spiro atoms. The van der Waals surface area contributed by atoms with E-state index in [-0.39, 0.29) is 39.9 Å². The second-order valence-electron chi connectivity index (χ2n) is 10.4. The molecule has 1 unspecified atom stereocenters. The molecule has 0 saturated heterocycles. The van der Waals surface area contributed by atoms with E-state index >= 15 is 0 Å². The van der Waals surface area contributed by atoms with Gasteiger partial charge in [0.15, 0.2) is 11.5 Å². The lowest BCUT2D eigenvalue weighted by Crippen LogP contribution is -2.37. The first-order valence-electron chi connectivity index (χ1n) is 13.1. The van der Waals surface area contributed by atoms with Gasteiger partial charge in [-0.05, 0) is 49.3 Å². The number of carbonyl (C=O) groups excluding carboxylic acids is 2. The van der Waals surface area contributed by atoms with E-state index in [0.717, 1.165) is 30.7 Å². The zero-order valence-electron chi connectivity index (χ0n) is 22.5. The molecule has 4 rings (SSSR count). The standard InChI is InChI=1S/C28H25Cl2F5N4O4/c1-14(27(42)43)16-2-4-19(5-3-16)39-25(28(33,34)35)20(9-37-39)26(41)38(12-15-6-17(31)8-18(32)7-15)13-23(40)24-21(29)10-36-11-22(24)30/h6-11,14,16,19H,2-5,12-13H2,1H3,(H,42,43)/t14?,16-,19+. The summed E-state index contributed by atoms with van der Waals surface area (Å²) < 4.78 is 72.0. The molecule has 8 nitrogen and oxygen atoms in total. The molecule has 0 bridgehead atoms. The minimum Gasteiger partial charge on any atom is -0.481 e. The predicted molar refractivity (Wildman–Crippen MR) is 145 cm³/mol. The van der Waals surface area contributed by atoms with Gasteiger partial charge in [0.25, 0.3) is 5.91 Å². The zero-order chi connectivity index (χ0) is 31.6. The summed E-state index contributed by atoms with van der Waals surface area (Å²) in [5.41, 5.74) is -2.58. The molecular weight excluding hydrogens is 622 g/mol. The molecule has 0 aliphatic heterocycles. The molecule has 15 heteroatoms. The molecule has 2 heterocycles.